The number of nitrogens with zero attached hydrogens (tertiary/aromatic N) is 1. The van der Waals surface area contributed by atoms with E-state index >= 15 is 0 Å². The molecule has 2 heterocycles. The van der Waals surface area contributed by atoms with Crippen molar-refractivity contribution in [3.63, 3.8) is 0 Å². The minimum atomic E-state index is -0.210. The maximum absolute atomic E-state index is 12.5. The lowest BCUT2D eigenvalue weighted by atomic mass is 10.2. The van der Waals surface area contributed by atoms with Gasteiger partial charge in [0.2, 0.25) is 0 Å². The predicted molar refractivity (Wildman–Crippen MR) is 106 cm³/mol. The van der Waals surface area contributed by atoms with Gasteiger partial charge in [0.15, 0.2) is 0 Å². The van der Waals surface area contributed by atoms with E-state index < -0.39 is 0 Å². The Kier molecular flexibility index (Phi) is 4.34. The predicted octanol–water partition coefficient (Wildman–Crippen LogP) is 3.56. The van der Waals surface area contributed by atoms with Crippen LogP contribution in [0.25, 0.3) is 16.7 Å². The standard InChI is InChI=1S/C22H19N3O2/c1-15-6-5-9-18(12-15)25-20(26)11-10-17-13-19(24-21(17)25)22(27)23-14-16-7-3-2-4-8-16/h2-13,24H,14H2,1H3,(H,23,27). The van der Waals surface area contributed by atoms with Crippen molar-refractivity contribution in [1.29, 1.82) is 0 Å². The third kappa shape index (κ3) is 3.40. The molecule has 27 heavy (non-hydrogen) atoms. The van der Waals surface area contributed by atoms with Gasteiger partial charge in [-0.25, -0.2) is 0 Å². The van der Waals surface area contributed by atoms with Gasteiger partial charge >= 0.3 is 0 Å². The molecule has 5 nitrogen and oxygen atoms in total. The molecule has 134 valence electrons. The number of H-pyrrole nitrogens is 1. The van der Waals surface area contributed by atoms with Crippen LogP contribution in [0.3, 0.4) is 0 Å². The van der Waals surface area contributed by atoms with E-state index in [2.05, 4.69) is 10.3 Å². The molecule has 1 amide bonds. The van der Waals surface area contributed by atoms with Gasteiger partial charge < -0.3 is 10.3 Å². The summed E-state index contributed by atoms with van der Waals surface area (Å²) in [5, 5.41) is 3.71. The summed E-state index contributed by atoms with van der Waals surface area (Å²) in [4.78, 5) is 28.1. The monoisotopic (exact) mass is 357 g/mol. The zero-order valence-electron chi connectivity index (χ0n) is 14.9. The first kappa shape index (κ1) is 16.8. The van der Waals surface area contributed by atoms with Gasteiger partial charge in [-0.3, -0.25) is 14.2 Å². The minimum absolute atomic E-state index is 0.147. The van der Waals surface area contributed by atoms with Crippen LogP contribution in [-0.4, -0.2) is 15.5 Å². The highest BCUT2D eigenvalue weighted by atomic mass is 16.2. The van der Waals surface area contributed by atoms with Gasteiger partial charge in [0.1, 0.15) is 11.3 Å². The van der Waals surface area contributed by atoms with Crippen LogP contribution in [0.2, 0.25) is 0 Å². The van der Waals surface area contributed by atoms with Crippen LogP contribution in [0.4, 0.5) is 0 Å². The van der Waals surface area contributed by atoms with Gasteiger partial charge in [-0.15, -0.1) is 0 Å². The summed E-state index contributed by atoms with van der Waals surface area (Å²) in [6, 6.07) is 22.4. The summed E-state index contributed by atoms with van der Waals surface area (Å²) in [5.74, 6) is -0.210. The number of rotatable bonds is 4. The zero-order chi connectivity index (χ0) is 18.8. The lowest BCUT2D eigenvalue weighted by molar-refractivity contribution is 0.0946. The average molecular weight is 357 g/mol. The quantitative estimate of drug-likeness (QED) is 0.586. The Balaban J connectivity index is 1.69. The number of amides is 1. The maximum atomic E-state index is 12.5. The lowest BCUT2D eigenvalue weighted by Crippen LogP contribution is -2.23. The Bertz CT molecular complexity index is 1170. The molecule has 4 aromatic rings. The lowest BCUT2D eigenvalue weighted by Gasteiger charge is -2.08. The fraction of sp³-hybridized carbons (Fsp3) is 0.0909. The van der Waals surface area contributed by atoms with Crippen LogP contribution in [0, 0.1) is 6.92 Å². The SMILES string of the molecule is Cc1cccc(-n2c(=O)ccc3cc(C(=O)NCc4ccccc4)[nH]c32)c1. The van der Waals surface area contributed by atoms with Crippen LogP contribution in [0.15, 0.2) is 77.6 Å². The van der Waals surface area contributed by atoms with Crippen LogP contribution in [-0.2, 0) is 6.54 Å². The van der Waals surface area contributed by atoms with Gasteiger partial charge in [-0.2, -0.15) is 0 Å². The van der Waals surface area contributed by atoms with E-state index in [1.54, 1.807) is 16.7 Å². The Labute approximate surface area is 156 Å². The molecule has 2 aromatic heterocycles. The Morgan fingerprint density at radius 2 is 1.81 bits per heavy atom. The van der Waals surface area contributed by atoms with Crippen molar-refractivity contribution in [3.8, 4) is 5.69 Å². The maximum Gasteiger partial charge on any atom is 0.268 e. The Morgan fingerprint density at radius 1 is 1.00 bits per heavy atom. The molecule has 0 radical (unpaired) electrons. The molecule has 2 N–H and O–H groups in total. The average Bonchev–Trinajstić information content (AvgIpc) is 3.11. The van der Waals surface area contributed by atoms with E-state index in [-0.39, 0.29) is 11.5 Å². The number of aromatic amines is 1. The van der Waals surface area contributed by atoms with Crippen molar-refractivity contribution in [1.82, 2.24) is 14.9 Å². The smallest absolute Gasteiger partial charge is 0.268 e. The molecule has 5 heteroatoms. The van der Waals surface area contributed by atoms with Crippen molar-refractivity contribution < 1.29 is 4.79 Å². The highest BCUT2D eigenvalue weighted by Crippen LogP contribution is 2.18. The van der Waals surface area contributed by atoms with Crippen molar-refractivity contribution in [2.75, 3.05) is 0 Å². The van der Waals surface area contributed by atoms with Crippen molar-refractivity contribution in [2.45, 2.75) is 13.5 Å². The second-order valence-corrected chi connectivity index (χ2v) is 6.50. The van der Waals surface area contributed by atoms with E-state index in [0.717, 1.165) is 22.2 Å². The number of hydrogen-bond donors (Lipinski definition) is 2. The van der Waals surface area contributed by atoms with Crippen LogP contribution in [0.1, 0.15) is 21.6 Å². The van der Waals surface area contributed by atoms with Gasteiger partial charge in [0.25, 0.3) is 11.5 Å². The number of hydrogen-bond acceptors (Lipinski definition) is 2. The number of aromatic nitrogens is 2. The van der Waals surface area contributed by atoms with Crippen molar-refractivity contribution >= 4 is 16.9 Å². The van der Waals surface area contributed by atoms with Crippen LogP contribution < -0.4 is 10.9 Å². The van der Waals surface area contributed by atoms with E-state index in [1.807, 2.05) is 61.5 Å². The van der Waals surface area contributed by atoms with E-state index in [0.29, 0.717) is 17.9 Å². The molecule has 0 aliphatic rings. The number of carbonyl (C=O) groups is 1. The zero-order valence-corrected chi connectivity index (χ0v) is 14.9. The van der Waals surface area contributed by atoms with E-state index in [4.69, 9.17) is 0 Å². The molecular formula is C22H19N3O2. The topological polar surface area (TPSA) is 66.9 Å². The van der Waals surface area contributed by atoms with Gasteiger partial charge in [0, 0.05) is 18.0 Å². The first-order valence-corrected chi connectivity index (χ1v) is 8.76. The normalized spacial score (nSPS) is 10.9. The fourth-order valence-corrected chi connectivity index (χ4v) is 3.14. The molecule has 4 rings (SSSR count). The first-order chi connectivity index (χ1) is 13.1. The van der Waals surface area contributed by atoms with Crippen molar-refractivity contribution in [3.05, 3.63) is 100.0 Å². The molecule has 0 saturated heterocycles. The number of pyridine rings is 1. The summed E-state index contributed by atoms with van der Waals surface area (Å²) in [5.41, 5.74) is 3.74. The Hall–Kier alpha value is -3.60. The summed E-state index contributed by atoms with van der Waals surface area (Å²) < 4.78 is 1.59. The van der Waals surface area contributed by atoms with Crippen LogP contribution in [0.5, 0.6) is 0 Å². The Morgan fingerprint density at radius 3 is 2.59 bits per heavy atom. The summed E-state index contributed by atoms with van der Waals surface area (Å²) in [7, 11) is 0. The van der Waals surface area contributed by atoms with Crippen LogP contribution >= 0.6 is 0 Å². The summed E-state index contributed by atoms with van der Waals surface area (Å²) in [6.07, 6.45) is 0. The fourth-order valence-electron chi connectivity index (χ4n) is 3.14. The van der Waals surface area contributed by atoms with Crippen molar-refractivity contribution in [2.24, 2.45) is 0 Å². The third-order valence-electron chi connectivity index (χ3n) is 4.48. The van der Waals surface area contributed by atoms with E-state index in [1.165, 1.54) is 6.07 Å². The second-order valence-electron chi connectivity index (χ2n) is 6.50. The van der Waals surface area contributed by atoms with Gasteiger partial charge in [-0.1, -0.05) is 42.5 Å². The molecule has 0 aliphatic carbocycles. The molecule has 0 saturated carbocycles. The molecule has 0 unspecified atom stereocenters. The number of aryl methyl sites for hydroxylation is 1. The largest absolute Gasteiger partial charge is 0.347 e. The molecule has 0 fully saturated rings. The number of benzene rings is 2. The van der Waals surface area contributed by atoms with Gasteiger partial charge in [-0.05, 0) is 42.3 Å². The number of fused-ring (bicyclic) bond motifs is 1. The highest BCUT2D eigenvalue weighted by molar-refractivity contribution is 5.97. The molecule has 0 bridgehead atoms. The minimum Gasteiger partial charge on any atom is -0.347 e. The summed E-state index contributed by atoms with van der Waals surface area (Å²) in [6.45, 7) is 2.42. The number of carbonyl (C=O) groups excluding carboxylic acids is 1. The van der Waals surface area contributed by atoms with E-state index in [9.17, 15) is 9.59 Å². The second kappa shape index (κ2) is 6.96. The molecule has 0 spiro atoms. The van der Waals surface area contributed by atoms with Gasteiger partial charge in [0.05, 0.1) is 5.69 Å². The third-order valence-corrected chi connectivity index (χ3v) is 4.48. The number of nitrogens with one attached hydrogen (secondary N) is 2. The summed E-state index contributed by atoms with van der Waals surface area (Å²) >= 11 is 0. The molecule has 0 aliphatic heterocycles. The molecule has 0 atom stereocenters. The molecular weight excluding hydrogens is 338 g/mol. The first-order valence-electron chi connectivity index (χ1n) is 8.76. The molecule has 2 aromatic carbocycles. The highest BCUT2D eigenvalue weighted by Gasteiger charge is 2.13.